The van der Waals surface area contributed by atoms with Crippen molar-refractivity contribution in [2.75, 3.05) is 26.4 Å². The minimum absolute atomic E-state index is 0.154. The van der Waals surface area contributed by atoms with E-state index >= 15 is 0 Å². The topological polar surface area (TPSA) is 50.7 Å². The number of rotatable bonds is 8. The summed E-state index contributed by atoms with van der Waals surface area (Å²) < 4.78 is 11.4. The third kappa shape index (κ3) is 3.67. The summed E-state index contributed by atoms with van der Waals surface area (Å²) in [7, 11) is 0. The van der Waals surface area contributed by atoms with E-state index in [-0.39, 0.29) is 18.2 Å². The van der Waals surface area contributed by atoms with Gasteiger partial charge >= 0.3 is 0 Å². The van der Waals surface area contributed by atoms with Crippen molar-refractivity contribution in [3.05, 3.63) is 0 Å². The Morgan fingerprint density at radius 2 is 2.17 bits per heavy atom. The first kappa shape index (κ1) is 14.3. The maximum Gasteiger partial charge on any atom is 0.0809 e. The molecule has 2 unspecified atom stereocenters. The fourth-order valence-corrected chi connectivity index (χ4v) is 2.86. The Hall–Kier alpha value is -0.160. The molecule has 0 spiro atoms. The SMILES string of the molecule is CC(C)NC(CO)(COCC1CCCO1)C1CC1. The minimum atomic E-state index is -0.243. The highest BCUT2D eigenvalue weighted by Crippen LogP contribution is 2.40. The Morgan fingerprint density at radius 1 is 1.39 bits per heavy atom. The van der Waals surface area contributed by atoms with Crippen LogP contribution in [0.4, 0.5) is 0 Å². The molecule has 18 heavy (non-hydrogen) atoms. The van der Waals surface area contributed by atoms with Crippen LogP contribution in [-0.2, 0) is 9.47 Å². The molecule has 1 saturated heterocycles. The molecule has 4 heteroatoms. The second kappa shape index (κ2) is 6.33. The van der Waals surface area contributed by atoms with Crippen LogP contribution < -0.4 is 5.32 Å². The van der Waals surface area contributed by atoms with Crippen LogP contribution in [0, 0.1) is 5.92 Å². The molecule has 0 aromatic carbocycles. The van der Waals surface area contributed by atoms with Crippen molar-refractivity contribution in [2.24, 2.45) is 5.92 Å². The highest BCUT2D eigenvalue weighted by molar-refractivity contribution is 5.01. The fourth-order valence-electron chi connectivity index (χ4n) is 2.86. The van der Waals surface area contributed by atoms with Crippen LogP contribution in [0.1, 0.15) is 39.5 Å². The number of hydrogen-bond donors (Lipinski definition) is 2. The standard InChI is InChI=1S/C14H27NO3/c1-11(2)15-14(9-16,12-5-6-12)10-17-8-13-4-3-7-18-13/h11-13,15-16H,3-10H2,1-2H3. The van der Waals surface area contributed by atoms with Gasteiger partial charge < -0.3 is 19.9 Å². The van der Waals surface area contributed by atoms with E-state index in [1.807, 2.05) is 0 Å². The molecule has 0 radical (unpaired) electrons. The third-order valence-electron chi connectivity index (χ3n) is 3.90. The summed E-state index contributed by atoms with van der Waals surface area (Å²) in [4.78, 5) is 0. The fraction of sp³-hybridized carbons (Fsp3) is 1.00. The van der Waals surface area contributed by atoms with Gasteiger partial charge in [0.1, 0.15) is 0 Å². The molecule has 4 nitrogen and oxygen atoms in total. The second-order valence-electron chi connectivity index (χ2n) is 6.04. The van der Waals surface area contributed by atoms with E-state index in [1.165, 1.54) is 12.8 Å². The second-order valence-corrected chi connectivity index (χ2v) is 6.04. The molecular weight excluding hydrogens is 230 g/mol. The summed E-state index contributed by atoms with van der Waals surface area (Å²) in [6.45, 7) is 6.51. The molecule has 106 valence electrons. The average molecular weight is 257 g/mol. The zero-order valence-electron chi connectivity index (χ0n) is 11.7. The lowest BCUT2D eigenvalue weighted by atomic mass is 9.94. The van der Waals surface area contributed by atoms with Crippen molar-refractivity contribution in [2.45, 2.75) is 57.2 Å². The molecule has 2 atom stereocenters. The molecule has 1 aliphatic heterocycles. The van der Waals surface area contributed by atoms with Crippen LogP contribution in [0.15, 0.2) is 0 Å². The van der Waals surface area contributed by atoms with Crippen LogP contribution in [0.25, 0.3) is 0 Å². The van der Waals surface area contributed by atoms with E-state index in [0.717, 1.165) is 19.4 Å². The molecule has 0 bridgehead atoms. The zero-order chi connectivity index (χ0) is 13.0. The van der Waals surface area contributed by atoms with Crippen molar-refractivity contribution in [1.29, 1.82) is 0 Å². The highest BCUT2D eigenvalue weighted by atomic mass is 16.5. The van der Waals surface area contributed by atoms with E-state index in [9.17, 15) is 5.11 Å². The van der Waals surface area contributed by atoms with Gasteiger partial charge in [0.25, 0.3) is 0 Å². The molecule has 1 saturated carbocycles. The molecule has 2 N–H and O–H groups in total. The maximum absolute atomic E-state index is 9.75. The summed E-state index contributed by atoms with van der Waals surface area (Å²) in [5, 5.41) is 13.3. The first-order chi connectivity index (χ1) is 8.66. The molecule has 1 aliphatic carbocycles. The van der Waals surface area contributed by atoms with E-state index in [0.29, 0.717) is 25.2 Å². The van der Waals surface area contributed by atoms with E-state index in [1.54, 1.807) is 0 Å². The van der Waals surface area contributed by atoms with Gasteiger partial charge in [0.15, 0.2) is 0 Å². The van der Waals surface area contributed by atoms with Gasteiger partial charge in [-0.1, -0.05) is 13.8 Å². The summed E-state index contributed by atoms with van der Waals surface area (Å²) in [5.74, 6) is 0.564. The lowest BCUT2D eigenvalue weighted by Crippen LogP contribution is -2.57. The Morgan fingerprint density at radius 3 is 2.67 bits per heavy atom. The average Bonchev–Trinajstić information content (AvgIpc) is 3.07. The summed E-state index contributed by atoms with van der Waals surface area (Å²) in [6.07, 6.45) is 4.91. The Balaban J connectivity index is 1.80. The molecular formula is C14H27NO3. The molecule has 2 aliphatic rings. The van der Waals surface area contributed by atoms with Crippen molar-refractivity contribution < 1.29 is 14.6 Å². The molecule has 0 aromatic rings. The Labute approximate surface area is 110 Å². The van der Waals surface area contributed by atoms with Crippen LogP contribution in [0.3, 0.4) is 0 Å². The van der Waals surface area contributed by atoms with Crippen LogP contribution in [0.5, 0.6) is 0 Å². The summed E-state index contributed by atoms with van der Waals surface area (Å²) in [5.41, 5.74) is -0.243. The number of aliphatic hydroxyl groups excluding tert-OH is 1. The normalized spacial score (nSPS) is 27.7. The van der Waals surface area contributed by atoms with E-state index in [4.69, 9.17) is 9.47 Å². The highest BCUT2D eigenvalue weighted by Gasteiger charge is 2.45. The molecule has 0 amide bonds. The first-order valence-corrected chi connectivity index (χ1v) is 7.24. The van der Waals surface area contributed by atoms with Crippen LogP contribution in [0.2, 0.25) is 0 Å². The van der Waals surface area contributed by atoms with Crippen molar-refractivity contribution in [3.63, 3.8) is 0 Å². The van der Waals surface area contributed by atoms with Gasteiger partial charge in [-0.2, -0.15) is 0 Å². The van der Waals surface area contributed by atoms with Crippen molar-refractivity contribution in [3.8, 4) is 0 Å². The number of aliphatic hydroxyl groups is 1. The zero-order valence-corrected chi connectivity index (χ0v) is 11.7. The summed E-state index contributed by atoms with van der Waals surface area (Å²) >= 11 is 0. The van der Waals surface area contributed by atoms with E-state index in [2.05, 4.69) is 19.2 Å². The van der Waals surface area contributed by atoms with Crippen molar-refractivity contribution in [1.82, 2.24) is 5.32 Å². The van der Waals surface area contributed by atoms with Gasteiger partial charge in [0.2, 0.25) is 0 Å². The molecule has 1 heterocycles. The van der Waals surface area contributed by atoms with Gasteiger partial charge in [-0.05, 0) is 31.6 Å². The smallest absolute Gasteiger partial charge is 0.0809 e. The van der Waals surface area contributed by atoms with Crippen LogP contribution in [-0.4, -0.2) is 49.2 Å². The Kier molecular flexibility index (Phi) is 5.01. The van der Waals surface area contributed by atoms with E-state index < -0.39 is 0 Å². The lowest BCUT2D eigenvalue weighted by Gasteiger charge is -2.35. The largest absolute Gasteiger partial charge is 0.394 e. The minimum Gasteiger partial charge on any atom is -0.394 e. The first-order valence-electron chi connectivity index (χ1n) is 7.24. The monoisotopic (exact) mass is 257 g/mol. The quantitative estimate of drug-likeness (QED) is 0.688. The van der Waals surface area contributed by atoms with Gasteiger partial charge in [0.05, 0.1) is 31.5 Å². The lowest BCUT2D eigenvalue weighted by molar-refractivity contribution is -0.0255. The maximum atomic E-state index is 9.75. The third-order valence-corrected chi connectivity index (χ3v) is 3.90. The Bertz CT molecular complexity index is 249. The number of nitrogens with one attached hydrogen (secondary N) is 1. The molecule has 2 fully saturated rings. The van der Waals surface area contributed by atoms with Crippen LogP contribution >= 0.6 is 0 Å². The predicted octanol–water partition coefficient (Wildman–Crippen LogP) is 1.32. The predicted molar refractivity (Wildman–Crippen MR) is 70.6 cm³/mol. The summed E-state index contributed by atoms with van der Waals surface area (Å²) in [6, 6.07) is 0.365. The molecule has 2 rings (SSSR count). The van der Waals surface area contributed by atoms with Gasteiger partial charge in [-0.15, -0.1) is 0 Å². The van der Waals surface area contributed by atoms with Gasteiger partial charge in [-0.3, -0.25) is 0 Å². The molecule has 0 aromatic heterocycles. The number of hydrogen-bond acceptors (Lipinski definition) is 4. The number of ether oxygens (including phenoxy) is 2. The van der Waals surface area contributed by atoms with Gasteiger partial charge in [0, 0.05) is 12.6 Å². The van der Waals surface area contributed by atoms with Crippen molar-refractivity contribution >= 4 is 0 Å². The van der Waals surface area contributed by atoms with Gasteiger partial charge in [-0.25, -0.2) is 0 Å².